The number of nitrogens with zero attached hydrogens (tertiary/aromatic N) is 3. The Morgan fingerprint density at radius 1 is 1.14 bits per heavy atom. The molecule has 3 aromatic heterocycles. The van der Waals surface area contributed by atoms with Gasteiger partial charge in [0.1, 0.15) is 11.6 Å². The lowest BCUT2D eigenvalue weighted by molar-refractivity contribution is 0.102. The number of aromatic amines is 1. The number of aryl methyl sites for hydroxylation is 1. The fourth-order valence-corrected chi connectivity index (χ4v) is 3.20. The van der Waals surface area contributed by atoms with Crippen molar-refractivity contribution in [3.05, 3.63) is 77.1 Å². The average Bonchev–Trinajstić information content (AvgIpc) is 3.40. The second-order valence-electron chi connectivity index (χ2n) is 6.19. The van der Waals surface area contributed by atoms with Crippen molar-refractivity contribution in [2.24, 2.45) is 0 Å². The van der Waals surface area contributed by atoms with E-state index < -0.39 is 0 Å². The molecule has 1 amide bonds. The number of aromatic nitrogens is 4. The molecule has 4 rings (SSSR count). The zero-order valence-electron chi connectivity index (χ0n) is 15.1. The lowest BCUT2D eigenvalue weighted by atomic mass is 10.2. The van der Waals surface area contributed by atoms with Crippen LogP contribution in [0.5, 0.6) is 0 Å². The number of benzene rings is 1. The van der Waals surface area contributed by atoms with Gasteiger partial charge in [-0.1, -0.05) is 23.8 Å². The largest absolute Gasteiger partial charge is 0.363 e. The SMILES string of the molecule is Cc1ccc(NC(=O)c2ccc(NCc3nc(-c4cccs4)n[nH]3)nc2)cc1. The Kier molecular flexibility index (Phi) is 5.11. The Bertz CT molecular complexity index is 1060. The minimum atomic E-state index is -0.196. The van der Waals surface area contributed by atoms with Crippen LogP contribution in [0.4, 0.5) is 11.5 Å². The van der Waals surface area contributed by atoms with Crippen LogP contribution < -0.4 is 10.6 Å². The van der Waals surface area contributed by atoms with E-state index in [1.54, 1.807) is 29.7 Å². The third kappa shape index (κ3) is 4.24. The Morgan fingerprint density at radius 2 is 2.00 bits per heavy atom. The number of nitrogens with one attached hydrogen (secondary N) is 3. The quantitative estimate of drug-likeness (QED) is 0.461. The summed E-state index contributed by atoms with van der Waals surface area (Å²) in [6.45, 7) is 2.46. The summed E-state index contributed by atoms with van der Waals surface area (Å²) in [6, 6.07) is 15.1. The molecule has 0 aliphatic carbocycles. The van der Waals surface area contributed by atoms with Gasteiger partial charge in [-0.2, -0.15) is 5.10 Å². The smallest absolute Gasteiger partial charge is 0.257 e. The Morgan fingerprint density at radius 3 is 2.71 bits per heavy atom. The van der Waals surface area contributed by atoms with Crippen molar-refractivity contribution in [1.29, 1.82) is 0 Å². The van der Waals surface area contributed by atoms with Crippen LogP contribution in [0.25, 0.3) is 10.7 Å². The summed E-state index contributed by atoms with van der Waals surface area (Å²) < 4.78 is 0. The second kappa shape index (κ2) is 8.01. The van der Waals surface area contributed by atoms with Gasteiger partial charge in [0.25, 0.3) is 5.91 Å². The van der Waals surface area contributed by atoms with Crippen molar-refractivity contribution in [3.8, 4) is 10.7 Å². The summed E-state index contributed by atoms with van der Waals surface area (Å²) >= 11 is 1.59. The summed E-state index contributed by atoms with van der Waals surface area (Å²) in [5, 5.41) is 15.1. The molecule has 0 saturated heterocycles. The van der Waals surface area contributed by atoms with Crippen molar-refractivity contribution in [2.45, 2.75) is 13.5 Å². The van der Waals surface area contributed by atoms with Gasteiger partial charge in [0, 0.05) is 11.9 Å². The molecule has 3 heterocycles. The zero-order valence-corrected chi connectivity index (χ0v) is 16.0. The number of amides is 1. The lowest BCUT2D eigenvalue weighted by Gasteiger charge is -2.07. The molecule has 0 spiro atoms. The monoisotopic (exact) mass is 390 g/mol. The molecule has 28 heavy (non-hydrogen) atoms. The number of hydrogen-bond acceptors (Lipinski definition) is 6. The van der Waals surface area contributed by atoms with Gasteiger partial charge < -0.3 is 10.6 Å². The molecule has 7 nitrogen and oxygen atoms in total. The number of rotatable bonds is 6. The predicted octanol–water partition coefficient (Wildman–Crippen LogP) is 4.10. The summed E-state index contributed by atoms with van der Waals surface area (Å²) in [4.78, 5) is 22.1. The normalized spacial score (nSPS) is 10.6. The number of pyridine rings is 1. The number of thiophene rings is 1. The topological polar surface area (TPSA) is 95.6 Å². The Labute approximate surface area is 165 Å². The van der Waals surface area contributed by atoms with E-state index in [0.29, 0.717) is 29.6 Å². The van der Waals surface area contributed by atoms with E-state index >= 15 is 0 Å². The molecule has 140 valence electrons. The highest BCUT2D eigenvalue weighted by Crippen LogP contribution is 2.20. The van der Waals surface area contributed by atoms with E-state index in [0.717, 1.165) is 16.1 Å². The third-order valence-corrected chi connectivity index (χ3v) is 4.91. The molecule has 3 N–H and O–H groups in total. The maximum absolute atomic E-state index is 12.3. The highest BCUT2D eigenvalue weighted by atomic mass is 32.1. The summed E-state index contributed by atoms with van der Waals surface area (Å²) in [6.07, 6.45) is 1.54. The van der Waals surface area contributed by atoms with E-state index in [1.165, 1.54) is 0 Å². The van der Waals surface area contributed by atoms with Crippen LogP contribution in [0.2, 0.25) is 0 Å². The van der Waals surface area contributed by atoms with Gasteiger partial charge in [0.05, 0.1) is 17.0 Å². The molecule has 0 atom stereocenters. The van der Waals surface area contributed by atoms with Gasteiger partial charge in [-0.15, -0.1) is 11.3 Å². The summed E-state index contributed by atoms with van der Waals surface area (Å²) in [5.41, 5.74) is 2.39. The highest BCUT2D eigenvalue weighted by Gasteiger charge is 2.09. The van der Waals surface area contributed by atoms with Crippen LogP contribution >= 0.6 is 11.3 Å². The van der Waals surface area contributed by atoms with Gasteiger partial charge in [-0.25, -0.2) is 9.97 Å². The van der Waals surface area contributed by atoms with E-state index in [-0.39, 0.29) is 5.91 Å². The zero-order chi connectivity index (χ0) is 19.3. The number of H-pyrrole nitrogens is 1. The number of carbonyl (C=O) groups is 1. The van der Waals surface area contributed by atoms with Gasteiger partial charge in [-0.05, 0) is 42.6 Å². The molecule has 0 saturated carbocycles. The third-order valence-electron chi connectivity index (χ3n) is 4.05. The molecule has 0 aliphatic rings. The Hall–Kier alpha value is -3.52. The standard InChI is InChI=1S/C20H18N6OS/c1-13-4-7-15(8-5-13)23-20(27)14-6-9-17(21-11-14)22-12-18-24-19(26-25-18)16-3-2-10-28-16/h2-11H,12H2,1H3,(H,21,22)(H,23,27)(H,24,25,26). The fourth-order valence-electron chi connectivity index (χ4n) is 2.54. The maximum Gasteiger partial charge on any atom is 0.257 e. The van der Waals surface area contributed by atoms with Crippen LogP contribution in [0, 0.1) is 6.92 Å². The van der Waals surface area contributed by atoms with E-state index in [2.05, 4.69) is 30.8 Å². The first kappa shape index (κ1) is 17.9. The molecule has 0 fully saturated rings. The number of hydrogen-bond donors (Lipinski definition) is 3. The summed E-state index contributed by atoms with van der Waals surface area (Å²) in [5.74, 6) is 1.86. The van der Waals surface area contributed by atoms with Crippen molar-refractivity contribution in [3.63, 3.8) is 0 Å². The first-order chi connectivity index (χ1) is 13.7. The van der Waals surface area contributed by atoms with Crippen LogP contribution in [-0.2, 0) is 6.54 Å². The highest BCUT2D eigenvalue weighted by molar-refractivity contribution is 7.13. The number of anilines is 2. The molecule has 1 aromatic carbocycles. The van der Waals surface area contributed by atoms with Crippen molar-refractivity contribution in [1.82, 2.24) is 20.2 Å². The molecule has 8 heteroatoms. The first-order valence-corrected chi connectivity index (χ1v) is 9.58. The molecule has 0 aliphatic heterocycles. The molecular formula is C20H18N6OS. The molecular weight excluding hydrogens is 372 g/mol. The molecule has 0 radical (unpaired) electrons. The minimum absolute atomic E-state index is 0.196. The fraction of sp³-hybridized carbons (Fsp3) is 0.100. The van der Waals surface area contributed by atoms with E-state index in [1.807, 2.05) is 48.7 Å². The van der Waals surface area contributed by atoms with Gasteiger partial charge in [0.2, 0.25) is 0 Å². The molecule has 0 unspecified atom stereocenters. The first-order valence-electron chi connectivity index (χ1n) is 8.70. The molecule has 4 aromatic rings. The van der Waals surface area contributed by atoms with Gasteiger partial charge in [-0.3, -0.25) is 9.89 Å². The van der Waals surface area contributed by atoms with E-state index in [4.69, 9.17) is 0 Å². The predicted molar refractivity (Wildman–Crippen MR) is 110 cm³/mol. The Balaban J connectivity index is 1.34. The minimum Gasteiger partial charge on any atom is -0.363 e. The van der Waals surface area contributed by atoms with Gasteiger partial charge in [0.15, 0.2) is 5.82 Å². The summed E-state index contributed by atoms with van der Waals surface area (Å²) in [7, 11) is 0. The van der Waals surface area contributed by atoms with Crippen molar-refractivity contribution in [2.75, 3.05) is 10.6 Å². The van der Waals surface area contributed by atoms with Crippen LogP contribution in [-0.4, -0.2) is 26.1 Å². The van der Waals surface area contributed by atoms with Gasteiger partial charge >= 0.3 is 0 Å². The van der Waals surface area contributed by atoms with E-state index in [9.17, 15) is 4.79 Å². The molecule has 0 bridgehead atoms. The maximum atomic E-state index is 12.3. The number of carbonyl (C=O) groups excluding carboxylic acids is 1. The second-order valence-corrected chi connectivity index (χ2v) is 7.14. The van der Waals surface area contributed by atoms with Crippen LogP contribution in [0.15, 0.2) is 60.1 Å². The van der Waals surface area contributed by atoms with Crippen molar-refractivity contribution >= 4 is 28.7 Å². The average molecular weight is 390 g/mol. The van der Waals surface area contributed by atoms with Crippen LogP contribution in [0.1, 0.15) is 21.7 Å². The van der Waals surface area contributed by atoms with Crippen molar-refractivity contribution < 1.29 is 4.79 Å². The van der Waals surface area contributed by atoms with Crippen LogP contribution in [0.3, 0.4) is 0 Å². The lowest BCUT2D eigenvalue weighted by Crippen LogP contribution is -2.12.